The molecule has 0 aliphatic rings. The van der Waals surface area contributed by atoms with Crippen LogP contribution in [-0.2, 0) is 4.79 Å². The van der Waals surface area contributed by atoms with E-state index in [0.717, 1.165) is 0 Å². The molecule has 0 aliphatic heterocycles. The molecule has 5 nitrogen and oxygen atoms in total. The van der Waals surface area contributed by atoms with Crippen LogP contribution in [0.1, 0.15) is 30.6 Å². The monoisotopic (exact) mass is 250 g/mol. The van der Waals surface area contributed by atoms with Crippen LogP contribution in [0.25, 0.3) is 0 Å². The lowest BCUT2D eigenvalue weighted by Gasteiger charge is -2.20. The maximum Gasteiger partial charge on any atom is 0.335 e. The van der Waals surface area contributed by atoms with Crippen LogP contribution in [-0.4, -0.2) is 24.0 Å². The lowest BCUT2D eigenvalue weighted by Crippen LogP contribution is -2.28. The maximum absolute atomic E-state index is 11.9. The topological polar surface area (TPSA) is 83.6 Å². The first-order chi connectivity index (χ1) is 8.32. The highest BCUT2D eigenvalue weighted by Crippen LogP contribution is 2.24. The minimum atomic E-state index is -1.04. The molecule has 0 aliphatic carbocycles. The SMILES string of the molecule is CC(C)CC(=O)N(C)c1ccc(C(=O)O)cc1N. The first-order valence-corrected chi connectivity index (χ1v) is 5.72. The Labute approximate surface area is 106 Å². The van der Waals surface area contributed by atoms with Gasteiger partial charge in [-0.2, -0.15) is 0 Å². The van der Waals surface area contributed by atoms with Crippen molar-refractivity contribution in [3.05, 3.63) is 23.8 Å². The van der Waals surface area contributed by atoms with Gasteiger partial charge in [0.1, 0.15) is 0 Å². The number of anilines is 2. The Balaban J connectivity index is 2.96. The summed E-state index contributed by atoms with van der Waals surface area (Å²) in [5.74, 6) is -0.816. The fourth-order valence-electron chi connectivity index (χ4n) is 1.61. The van der Waals surface area contributed by atoms with Crippen LogP contribution in [0, 0.1) is 5.92 Å². The standard InChI is InChI=1S/C13H18N2O3/c1-8(2)6-12(16)15(3)11-5-4-9(13(17)18)7-10(11)14/h4-5,7-8H,6,14H2,1-3H3,(H,17,18). The second kappa shape index (κ2) is 5.53. The van der Waals surface area contributed by atoms with Gasteiger partial charge in [0.05, 0.1) is 16.9 Å². The number of amides is 1. The lowest BCUT2D eigenvalue weighted by atomic mass is 10.1. The zero-order valence-corrected chi connectivity index (χ0v) is 10.8. The van der Waals surface area contributed by atoms with Gasteiger partial charge in [0.15, 0.2) is 0 Å². The predicted octanol–water partition coefficient (Wildman–Crippen LogP) is 1.98. The number of carboxylic acids is 1. The molecule has 0 heterocycles. The van der Waals surface area contributed by atoms with Gasteiger partial charge in [0.25, 0.3) is 0 Å². The molecule has 0 spiro atoms. The summed E-state index contributed by atoms with van der Waals surface area (Å²) in [5.41, 5.74) is 6.70. The minimum absolute atomic E-state index is 0.0419. The molecule has 0 bridgehead atoms. The summed E-state index contributed by atoms with van der Waals surface area (Å²) in [6, 6.07) is 4.35. The fraction of sp³-hybridized carbons (Fsp3) is 0.385. The van der Waals surface area contributed by atoms with Crippen molar-refractivity contribution >= 4 is 23.3 Å². The van der Waals surface area contributed by atoms with E-state index in [9.17, 15) is 9.59 Å². The zero-order valence-electron chi connectivity index (χ0n) is 10.8. The molecule has 0 radical (unpaired) electrons. The van der Waals surface area contributed by atoms with E-state index in [-0.39, 0.29) is 23.1 Å². The molecule has 0 aromatic heterocycles. The van der Waals surface area contributed by atoms with Crippen LogP contribution in [0.15, 0.2) is 18.2 Å². The van der Waals surface area contributed by atoms with Crippen molar-refractivity contribution in [2.45, 2.75) is 20.3 Å². The summed E-state index contributed by atoms with van der Waals surface area (Å²) in [4.78, 5) is 24.1. The molecule has 1 rings (SSSR count). The van der Waals surface area contributed by atoms with E-state index in [1.54, 1.807) is 13.1 Å². The largest absolute Gasteiger partial charge is 0.478 e. The summed E-state index contributed by atoms with van der Waals surface area (Å²) in [7, 11) is 1.64. The Hall–Kier alpha value is -2.04. The van der Waals surface area contributed by atoms with Crippen LogP contribution < -0.4 is 10.6 Å². The van der Waals surface area contributed by atoms with Crippen molar-refractivity contribution in [3.63, 3.8) is 0 Å². The molecule has 0 atom stereocenters. The Morgan fingerprint density at radius 2 is 2.00 bits per heavy atom. The number of nitrogen functional groups attached to an aromatic ring is 1. The number of benzene rings is 1. The van der Waals surface area contributed by atoms with Gasteiger partial charge < -0.3 is 15.7 Å². The molecule has 1 amide bonds. The first-order valence-electron chi connectivity index (χ1n) is 5.72. The third-order valence-electron chi connectivity index (χ3n) is 2.59. The van der Waals surface area contributed by atoms with E-state index in [2.05, 4.69) is 0 Å². The van der Waals surface area contributed by atoms with E-state index < -0.39 is 5.97 Å². The minimum Gasteiger partial charge on any atom is -0.478 e. The van der Waals surface area contributed by atoms with Crippen LogP contribution in [0.5, 0.6) is 0 Å². The van der Waals surface area contributed by atoms with Gasteiger partial charge in [-0.15, -0.1) is 0 Å². The second-order valence-corrected chi connectivity index (χ2v) is 4.63. The molecule has 0 unspecified atom stereocenters. The van der Waals surface area contributed by atoms with Crippen molar-refractivity contribution in [2.24, 2.45) is 5.92 Å². The van der Waals surface area contributed by atoms with Crippen molar-refractivity contribution in [2.75, 3.05) is 17.7 Å². The smallest absolute Gasteiger partial charge is 0.335 e. The van der Waals surface area contributed by atoms with E-state index in [4.69, 9.17) is 10.8 Å². The Morgan fingerprint density at radius 1 is 1.39 bits per heavy atom. The number of rotatable bonds is 4. The van der Waals surface area contributed by atoms with Crippen LogP contribution in [0.4, 0.5) is 11.4 Å². The molecular formula is C13H18N2O3. The highest BCUT2D eigenvalue weighted by Gasteiger charge is 2.16. The number of carboxylic acid groups (broad SMARTS) is 1. The molecule has 18 heavy (non-hydrogen) atoms. The number of hydrogen-bond donors (Lipinski definition) is 2. The normalized spacial score (nSPS) is 10.4. The number of carbonyl (C=O) groups is 2. The number of nitrogens with two attached hydrogens (primary N) is 1. The molecule has 0 fully saturated rings. The first kappa shape index (κ1) is 14.0. The van der Waals surface area contributed by atoms with Crippen molar-refractivity contribution < 1.29 is 14.7 Å². The zero-order chi connectivity index (χ0) is 13.9. The Morgan fingerprint density at radius 3 is 2.44 bits per heavy atom. The van der Waals surface area contributed by atoms with E-state index in [0.29, 0.717) is 12.1 Å². The average molecular weight is 250 g/mol. The summed E-state index contributed by atoms with van der Waals surface area (Å²) in [6.07, 6.45) is 0.427. The second-order valence-electron chi connectivity index (χ2n) is 4.63. The summed E-state index contributed by atoms with van der Waals surface area (Å²) in [5, 5.41) is 8.83. The van der Waals surface area contributed by atoms with Gasteiger partial charge in [0.2, 0.25) is 5.91 Å². The molecule has 98 valence electrons. The summed E-state index contributed by atoms with van der Waals surface area (Å²) < 4.78 is 0. The molecule has 1 aromatic rings. The molecule has 1 aromatic carbocycles. The van der Waals surface area contributed by atoms with Crippen molar-refractivity contribution in [1.82, 2.24) is 0 Å². The number of aromatic carboxylic acids is 1. The van der Waals surface area contributed by atoms with Gasteiger partial charge in [-0.1, -0.05) is 13.8 Å². The molecule has 0 saturated heterocycles. The highest BCUT2D eigenvalue weighted by atomic mass is 16.4. The molecule has 3 N–H and O–H groups in total. The lowest BCUT2D eigenvalue weighted by molar-refractivity contribution is -0.119. The third-order valence-corrected chi connectivity index (χ3v) is 2.59. The van der Waals surface area contributed by atoms with Gasteiger partial charge in [-0.3, -0.25) is 4.79 Å². The fourth-order valence-corrected chi connectivity index (χ4v) is 1.61. The summed E-state index contributed by atoms with van der Waals surface area (Å²) in [6.45, 7) is 3.92. The van der Waals surface area contributed by atoms with Crippen LogP contribution >= 0.6 is 0 Å². The highest BCUT2D eigenvalue weighted by molar-refractivity contribution is 5.97. The third kappa shape index (κ3) is 3.23. The number of nitrogens with zero attached hydrogens (tertiary/aromatic N) is 1. The maximum atomic E-state index is 11.9. The van der Waals surface area contributed by atoms with Crippen molar-refractivity contribution in [3.8, 4) is 0 Å². The average Bonchev–Trinajstić information content (AvgIpc) is 2.26. The molecule has 5 heteroatoms. The van der Waals surface area contributed by atoms with E-state index >= 15 is 0 Å². The van der Waals surface area contributed by atoms with Gasteiger partial charge in [0, 0.05) is 13.5 Å². The molecular weight excluding hydrogens is 232 g/mol. The van der Waals surface area contributed by atoms with Gasteiger partial charge in [-0.25, -0.2) is 4.79 Å². The van der Waals surface area contributed by atoms with Crippen LogP contribution in [0.2, 0.25) is 0 Å². The number of carbonyl (C=O) groups excluding carboxylic acids is 1. The Kier molecular flexibility index (Phi) is 4.31. The van der Waals surface area contributed by atoms with Gasteiger partial charge in [-0.05, 0) is 24.1 Å². The quantitative estimate of drug-likeness (QED) is 0.800. The van der Waals surface area contributed by atoms with Crippen LogP contribution in [0.3, 0.4) is 0 Å². The Bertz CT molecular complexity index is 469. The molecule has 0 saturated carbocycles. The number of hydrogen-bond acceptors (Lipinski definition) is 3. The van der Waals surface area contributed by atoms with E-state index in [1.807, 2.05) is 13.8 Å². The predicted molar refractivity (Wildman–Crippen MR) is 70.7 cm³/mol. The summed E-state index contributed by atoms with van der Waals surface area (Å²) >= 11 is 0. The van der Waals surface area contributed by atoms with Gasteiger partial charge >= 0.3 is 5.97 Å². The van der Waals surface area contributed by atoms with Crippen molar-refractivity contribution in [1.29, 1.82) is 0 Å². The van der Waals surface area contributed by atoms with E-state index in [1.165, 1.54) is 17.0 Å².